The Morgan fingerprint density at radius 3 is 2.58 bits per heavy atom. The first-order valence-corrected chi connectivity index (χ1v) is 7.37. The van der Waals surface area contributed by atoms with Gasteiger partial charge in [-0.1, -0.05) is 27.2 Å². The summed E-state index contributed by atoms with van der Waals surface area (Å²) in [6, 6.07) is 3.25. The summed E-state index contributed by atoms with van der Waals surface area (Å²) in [4.78, 5) is 6.82. The topological polar surface area (TPSA) is 28.2 Å². The van der Waals surface area contributed by atoms with Crippen LogP contribution in [0.1, 0.15) is 51.8 Å². The van der Waals surface area contributed by atoms with Crippen molar-refractivity contribution in [3.63, 3.8) is 0 Å². The first-order chi connectivity index (χ1) is 8.95. The number of nitrogens with zero attached hydrogens (tertiary/aromatic N) is 2. The van der Waals surface area contributed by atoms with E-state index in [1.54, 1.807) is 0 Å². The minimum Gasteiger partial charge on any atom is -0.372 e. The van der Waals surface area contributed by atoms with Crippen LogP contribution in [0.25, 0.3) is 0 Å². The summed E-state index contributed by atoms with van der Waals surface area (Å²) in [5, 5.41) is 3.48. The predicted molar refractivity (Wildman–Crippen MR) is 83.7 cm³/mol. The van der Waals surface area contributed by atoms with E-state index in [2.05, 4.69) is 62.9 Å². The van der Waals surface area contributed by atoms with Gasteiger partial charge in [-0.25, -0.2) is 0 Å². The van der Waals surface area contributed by atoms with E-state index < -0.39 is 0 Å². The fraction of sp³-hybridized carbons (Fsp3) is 0.688. The third kappa shape index (κ3) is 4.83. The highest BCUT2D eigenvalue weighted by molar-refractivity contribution is 5.53. The maximum atomic E-state index is 4.44. The summed E-state index contributed by atoms with van der Waals surface area (Å²) in [6.07, 6.45) is 4.44. The summed E-state index contributed by atoms with van der Waals surface area (Å²) >= 11 is 0. The normalized spacial score (nSPS) is 12.8. The summed E-state index contributed by atoms with van der Waals surface area (Å²) in [7, 11) is 2.19. The van der Waals surface area contributed by atoms with E-state index in [1.807, 2.05) is 6.20 Å². The molecular formula is C16H29N3. The minimum absolute atomic E-state index is 0.493. The highest BCUT2D eigenvalue weighted by Gasteiger charge is 2.14. The Hall–Kier alpha value is -1.09. The van der Waals surface area contributed by atoms with Crippen LogP contribution in [0.4, 0.5) is 5.69 Å². The van der Waals surface area contributed by atoms with E-state index in [9.17, 15) is 0 Å². The van der Waals surface area contributed by atoms with Crippen molar-refractivity contribution in [3.05, 3.63) is 23.5 Å². The maximum absolute atomic E-state index is 4.44. The number of aromatic nitrogens is 1. The van der Waals surface area contributed by atoms with Crippen LogP contribution >= 0.6 is 0 Å². The van der Waals surface area contributed by atoms with Crippen LogP contribution in [0.5, 0.6) is 0 Å². The molecule has 1 N–H and O–H groups in total. The molecule has 108 valence electrons. The molecule has 0 aliphatic carbocycles. The van der Waals surface area contributed by atoms with E-state index in [4.69, 9.17) is 0 Å². The van der Waals surface area contributed by atoms with Crippen LogP contribution in [0.3, 0.4) is 0 Å². The van der Waals surface area contributed by atoms with Gasteiger partial charge in [-0.3, -0.25) is 4.98 Å². The molecule has 1 rings (SSSR count). The van der Waals surface area contributed by atoms with Crippen LogP contribution in [-0.2, 0) is 6.54 Å². The molecule has 0 amide bonds. The zero-order valence-electron chi connectivity index (χ0n) is 13.3. The van der Waals surface area contributed by atoms with Gasteiger partial charge >= 0.3 is 0 Å². The highest BCUT2D eigenvalue weighted by atomic mass is 15.1. The molecule has 19 heavy (non-hydrogen) atoms. The molecule has 0 aromatic carbocycles. The Morgan fingerprint density at radius 2 is 2.00 bits per heavy atom. The van der Waals surface area contributed by atoms with Crippen LogP contribution in [0, 0.1) is 6.92 Å². The second-order valence-electron chi connectivity index (χ2n) is 5.74. The third-order valence-corrected chi connectivity index (χ3v) is 3.55. The zero-order chi connectivity index (χ0) is 14.4. The summed E-state index contributed by atoms with van der Waals surface area (Å²) in [5.74, 6) is 0. The van der Waals surface area contributed by atoms with E-state index in [-0.39, 0.29) is 0 Å². The highest BCUT2D eigenvalue weighted by Crippen LogP contribution is 2.23. The second-order valence-corrected chi connectivity index (χ2v) is 5.74. The molecule has 0 aliphatic heterocycles. The van der Waals surface area contributed by atoms with Gasteiger partial charge in [0.2, 0.25) is 0 Å². The van der Waals surface area contributed by atoms with Crippen molar-refractivity contribution in [2.24, 2.45) is 0 Å². The van der Waals surface area contributed by atoms with Crippen molar-refractivity contribution >= 4 is 5.69 Å². The molecule has 0 saturated heterocycles. The number of aryl methyl sites for hydroxylation is 1. The van der Waals surface area contributed by atoms with Crippen molar-refractivity contribution in [1.29, 1.82) is 0 Å². The lowest BCUT2D eigenvalue weighted by atomic mass is 10.1. The van der Waals surface area contributed by atoms with Crippen molar-refractivity contribution in [2.45, 2.75) is 66.1 Å². The number of pyridine rings is 1. The predicted octanol–water partition coefficient (Wildman–Crippen LogP) is 3.51. The smallest absolute Gasteiger partial charge is 0.0445 e. The molecule has 0 aliphatic rings. The van der Waals surface area contributed by atoms with E-state index >= 15 is 0 Å². The van der Waals surface area contributed by atoms with Gasteiger partial charge in [0.1, 0.15) is 0 Å². The summed E-state index contributed by atoms with van der Waals surface area (Å²) in [5.41, 5.74) is 3.67. The number of hydrogen-bond acceptors (Lipinski definition) is 3. The molecular weight excluding hydrogens is 234 g/mol. The first kappa shape index (κ1) is 16.0. The summed E-state index contributed by atoms with van der Waals surface area (Å²) < 4.78 is 0. The second kappa shape index (κ2) is 7.49. The average Bonchev–Trinajstić information content (AvgIpc) is 2.36. The standard InChI is InChI=1S/C16H29N3/c1-7-8-14(5)19(6)16-9-13(4)18-11-15(16)10-17-12(2)3/h9,11-12,14,17H,7-8,10H2,1-6H3. The molecule has 0 bridgehead atoms. The van der Waals surface area contributed by atoms with Gasteiger partial charge in [-0.2, -0.15) is 0 Å². The zero-order valence-corrected chi connectivity index (χ0v) is 13.3. The summed E-state index contributed by atoms with van der Waals surface area (Å²) in [6.45, 7) is 11.8. The monoisotopic (exact) mass is 263 g/mol. The Labute approximate surface area is 118 Å². The Balaban J connectivity index is 2.92. The quantitative estimate of drug-likeness (QED) is 0.816. The van der Waals surface area contributed by atoms with Gasteiger partial charge in [0.05, 0.1) is 0 Å². The van der Waals surface area contributed by atoms with E-state index in [0.717, 1.165) is 12.2 Å². The fourth-order valence-corrected chi connectivity index (χ4v) is 2.20. The molecule has 1 aromatic heterocycles. The lowest BCUT2D eigenvalue weighted by molar-refractivity contribution is 0.580. The Morgan fingerprint density at radius 1 is 1.32 bits per heavy atom. The van der Waals surface area contributed by atoms with Crippen molar-refractivity contribution < 1.29 is 0 Å². The molecule has 3 nitrogen and oxygen atoms in total. The average molecular weight is 263 g/mol. The van der Waals surface area contributed by atoms with Crippen LogP contribution < -0.4 is 10.2 Å². The Bertz CT molecular complexity index is 388. The Kier molecular flexibility index (Phi) is 6.29. The SMILES string of the molecule is CCCC(C)N(C)c1cc(C)ncc1CNC(C)C. The number of nitrogens with one attached hydrogen (secondary N) is 1. The van der Waals surface area contributed by atoms with Gasteiger partial charge in [0.25, 0.3) is 0 Å². The van der Waals surface area contributed by atoms with E-state index in [0.29, 0.717) is 12.1 Å². The van der Waals surface area contributed by atoms with Crippen LogP contribution in [0.2, 0.25) is 0 Å². The van der Waals surface area contributed by atoms with Gasteiger partial charge in [0, 0.05) is 48.8 Å². The lowest BCUT2D eigenvalue weighted by Crippen LogP contribution is -2.31. The van der Waals surface area contributed by atoms with Crippen molar-refractivity contribution in [3.8, 4) is 0 Å². The van der Waals surface area contributed by atoms with Gasteiger partial charge in [0.15, 0.2) is 0 Å². The number of hydrogen-bond donors (Lipinski definition) is 1. The van der Waals surface area contributed by atoms with E-state index in [1.165, 1.54) is 24.1 Å². The van der Waals surface area contributed by atoms with Gasteiger partial charge < -0.3 is 10.2 Å². The molecule has 1 aromatic rings. The molecule has 0 radical (unpaired) electrons. The molecule has 1 unspecified atom stereocenters. The molecule has 1 atom stereocenters. The molecule has 0 spiro atoms. The van der Waals surface area contributed by atoms with Crippen LogP contribution in [-0.4, -0.2) is 24.1 Å². The molecule has 1 heterocycles. The first-order valence-electron chi connectivity index (χ1n) is 7.37. The van der Waals surface area contributed by atoms with Gasteiger partial charge in [-0.05, 0) is 26.3 Å². The molecule has 0 saturated carbocycles. The number of anilines is 1. The molecule has 0 fully saturated rings. The lowest BCUT2D eigenvalue weighted by Gasteiger charge is -2.29. The maximum Gasteiger partial charge on any atom is 0.0445 e. The largest absolute Gasteiger partial charge is 0.372 e. The van der Waals surface area contributed by atoms with Crippen molar-refractivity contribution in [2.75, 3.05) is 11.9 Å². The fourth-order valence-electron chi connectivity index (χ4n) is 2.20. The van der Waals surface area contributed by atoms with Crippen LogP contribution in [0.15, 0.2) is 12.3 Å². The minimum atomic E-state index is 0.493. The third-order valence-electron chi connectivity index (χ3n) is 3.55. The number of rotatable bonds is 7. The van der Waals surface area contributed by atoms with Crippen molar-refractivity contribution in [1.82, 2.24) is 10.3 Å². The van der Waals surface area contributed by atoms with Gasteiger partial charge in [-0.15, -0.1) is 0 Å². The molecule has 3 heteroatoms.